The highest BCUT2D eigenvalue weighted by molar-refractivity contribution is 14.1. The van der Waals surface area contributed by atoms with Crippen LogP contribution in [0, 0.1) is 0 Å². The summed E-state index contributed by atoms with van der Waals surface area (Å²) in [5.41, 5.74) is 0. The Balaban J connectivity index is 3.04. The second-order valence-corrected chi connectivity index (χ2v) is 12.3. The number of rotatable bonds is 46. The SMILES string of the molecule is CCCCCCCCCCCCOCCOCCOCCOCCOCCOCCOCCOCCOCCOCCOCCOCCI. The molecule has 0 N–H and O–H groups in total. The normalized spacial score (nSPS) is 11.6. The van der Waals surface area contributed by atoms with E-state index in [1.165, 1.54) is 57.8 Å². The van der Waals surface area contributed by atoms with Gasteiger partial charge in [-0.15, -0.1) is 0 Å². The molecule has 12 nitrogen and oxygen atoms in total. The molecule has 0 rings (SSSR count). The molecule has 296 valence electrons. The van der Waals surface area contributed by atoms with Gasteiger partial charge in [0.25, 0.3) is 0 Å². The van der Waals surface area contributed by atoms with Crippen LogP contribution in [0.25, 0.3) is 0 Å². The van der Waals surface area contributed by atoms with Crippen LogP contribution in [-0.2, 0) is 56.8 Å². The van der Waals surface area contributed by atoms with Gasteiger partial charge < -0.3 is 56.8 Å². The maximum absolute atomic E-state index is 5.65. The first kappa shape index (κ1) is 49.2. The highest BCUT2D eigenvalue weighted by Gasteiger charge is 1.97. The molecule has 0 heterocycles. The molecule has 0 fully saturated rings. The Hall–Kier alpha value is 0.250. The first-order valence-electron chi connectivity index (χ1n) is 18.9. The predicted molar refractivity (Wildman–Crippen MR) is 201 cm³/mol. The lowest BCUT2D eigenvalue weighted by atomic mass is 10.1. The number of hydrogen-bond acceptors (Lipinski definition) is 12. The third-order valence-corrected chi connectivity index (χ3v) is 7.40. The van der Waals surface area contributed by atoms with E-state index in [1.807, 2.05) is 0 Å². The van der Waals surface area contributed by atoms with Crippen LogP contribution in [0.15, 0.2) is 0 Å². The van der Waals surface area contributed by atoms with E-state index < -0.39 is 0 Å². The molecule has 0 unspecified atom stereocenters. The topological polar surface area (TPSA) is 111 Å². The molecule has 0 aliphatic heterocycles. The molecule has 0 saturated carbocycles. The zero-order chi connectivity index (χ0) is 35.2. The fraction of sp³-hybridized carbons (Fsp3) is 1.00. The third kappa shape index (κ3) is 48.2. The van der Waals surface area contributed by atoms with Gasteiger partial charge >= 0.3 is 0 Å². The fourth-order valence-corrected chi connectivity index (χ4v) is 4.58. The lowest BCUT2D eigenvalue weighted by molar-refractivity contribution is -0.0282. The Labute approximate surface area is 312 Å². The van der Waals surface area contributed by atoms with Gasteiger partial charge in [0.05, 0.1) is 152 Å². The molecule has 0 aromatic carbocycles. The van der Waals surface area contributed by atoms with Crippen molar-refractivity contribution in [2.75, 3.05) is 163 Å². The van der Waals surface area contributed by atoms with Gasteiger partial charge in [0.2, 0.25) is 0 Å². The first-order chi connectivity index (χ1) is 24.4. The van der Waals surface area contributed by atoms with Crippen LogP contribution in [0.1, 0.15) is 71.1 Å². The van der Waals surface area contributed by atoms with Crippen molar-refractivity contribution in [2.24, 2.45) is 0 Å². The predicted octanol–water partition coefficient (Wildman–Crippen LogP) is 5.54. The average Bonchev–Trinajstić information content (AvgIpc) is 3.11. The van der Waals surface area contributed by atoms with Crippen LogP contribution in [0.2, 0.25) is 0 Å². The lowest BCUT2D eigenvalue weighted by Gasteiger charge is -2.09. The van der Waals surface area contributed by atoms with Crippen LogP contribution < -0.4 is 0 Å². The molecule has 0 aliphatic rings. The summed E-state index contributed by atoms with van der Waals surface area (Å²) in [5, 5.41) is 0. The molecule has 13 heteroatoms. The second kappa shape index (κ2) is 48.2. The summed E-state index contributed by atoms with van der Waals surface area (Å²) in [5.74, 6) is 0. The summed E-state index contributed by atoms with van der Waals surface area (Å²) >= 11 is 2.28. The maximum atomic E-state index is 5.65. The van der Waals surface area contributed by atoms with E-state index in [0.717, 1.165) is 24.1 Å². The van der Waals surface area contributed by atoms with Crippen LogP contribution in [0.3, 0.4) is 0 Å². The summed E-state index contributed by atoms with van der Waals surface area (Å²) in [6, 6.07) is 0. The third-order valence-electron chi connectivity index (χ3n) is 6.96. The van der Waals surface area contributed by atoms with Crippen molar-refractivity contribution >= 4 is 22.6 Å². The number of halogens is 1. The molecular weight excluding hydrogens is 751 g/mol. The Morgan fingerprint density at radius 1 is 0.224 bits per heavy atom. The minimum absolute atomic E-state index is 0.522. The summed E-state index contributed by atoms with van der Waals surface area (Å²) in [4.78, 5) is 0. The summed E-state index contributed by atoms with van der Waals surface area (Å²) < 4.78 is 66.9. The Bertz CT molecular complexity index is 522. The van der Waals surface area contributed by atoms with E-state index >= 15 is 0 Å². The Kier molecular flexibility index (Phi) is 48.5. The molecule has 0 radical (unpaired) electrons. The molecule has 49 heavy (non-hydrogen) atoms. The summed E-state index contributed by atoms with van der Waals surface area (Å²) in [6.45, 7) is 16.0. The van der Waals surface area contributed by atoms with Gasteiger partial charge in [-0.05, 0) is 6.42 Å². The minimum Gasteiger partial charge on any atom is -0.379 e. The number of unbranched alkanes of at least 4 members (excludes halogenated alkanes) is 9. The van der Waals surface area contributed by atoms with Crippen LogP contribution in [0.4, 0.5) is 0 Å². The van der Waals surface area contributed by atoms with Crippen LogP contribution in [0.5, 0.6) is 0 Å². The smallest absolute Gasteiger partial charge is 0.0701 e. The highest BCUT2D eigenvalue weighted by Crippen LogP contribution is 2.10. The zero-order valence-corrected chi connectivity index (χ0v) is 33.2. The molecule has 0 saturated heterocycles. The molecule has 0 atom stereocenters. The molecule has 0 bridgehead atoms. The monoisotopic (exact) mass is 824 g/mol. The van der Waals surface area contributed by atoms with E-state index in [0.29, 0.717) is 145 Å². The number of alkyl halides is 1. The van der Waals surface area contributed by atoms with E-state index in [4.69, 9.17) is 56.8 Å². The quantitative estimate of drug-likeness (QED) is 0.0437. The van der Waals surface area contributed by atoms with Gasteiger partial charge in [0, 0.05) is 11.0 Å². The molecule has 0 aromatic heterocycles. The van der Waals surface area contributed by atoms with E-state index in [1.54, 1.807) is 0 Å². The maximum Gasteiger partial charge on any atom is 0.0701 e. The van der Waals surface area contributed by atoms with Crippen molar-refractivity contribution in [1.29, 1.82) is 0 Å². The van der Waals surface area contributed by atoms with Gasteiger partial charge in [0.15, 0.2) is 0 Å². The van der Waals surface area contributed by atoms with Crippen molar-refractivity contribution in [3.05, 3.63) is 0 Å². The van der Waals surface area contributed by atoms with Gasteiger partial charge in [-0.2, -0.15) is 0 Å². The molecule has 0 spiro atoms. The summed E-state index contributed by atoms with van der Waals surface area (Å²) in [7, 11) is 0. The fourth-order valence-electron chi connectivity index (χ4n) is 4.27. The van der Waals surface area contributed by atoms with Crippen LogP contribution in [-0.4, -0.2) is 163 Å². The zero-order valence-electron chi connectivity index (χ0n) is 31.0. The summed E-state index contributed by atoms with van der Waals surface area (Å²) in [6.07, 6.45) is 13.4. The first-order valence-corrected chi connectivity index (χ1v) is 20.4. The van der Waals surface area contributed by atoms with Gasteiger partial charge in [-0.25, -0.2) is 0 Å². The van der Waals surface area contributed by atoms with Crippen LogP contribution >= 0.6 is 22.6 Å². The minimum atomic E-state index is 0.522. The van der Waals surface area contributed by atoms with E-state index in [2.05, 4.69) is 29.5 Å². The van der Waals surface area contributed by atoms with Gasteiger partial charge in [0.1, 0.15) is 0 Å². The molecule has 0 amide bonds. The Morgan fingerprint density at radius 2 is 0.408 bits per heavy atom. The number of hydrogen-bond donors (Lipinski definition) is 0. The highest BCUT2D eigenvalue weighted by atomic mass is 127. The van der Waals surface area contributed by atoms with Crippen molar-refractivity contribution in [3.63, 3.8) is 0 Å². The van der Waals surface area contributed by atoms with Gasteiger partial charge in [-0.1, -0.05) is 87.3 Å². The van der Waals surface area contributed by atoms with Crippen molar-refractivity contribution in [1.82, 2.24) is 0 Å². The molecule has 0 aromatic rings. The van der Waals surface area contributed by atoms with Crippen molar-refractivity contribution in [3.8, 4) is 0 Å². The van der Waals surface area contributed by atoms with Crippen molar-refractivity contribution < 1.29 is 56.8 Å². The largest absolute Gasteiger partial charge is 0.379 e. The van der Waals surface area contributed by atoms with E-state index in [9.17, 15) is 0 Å². The standard InChI is InChI=1S/C36H73IO12/c1-2-3-4-5-6-7-8-9-10-11-13-38-15-17-40-19-21-42-23-25-44-27-29-46-31-33-48-35-36-49-34-32-47-30-28-45-26-24-43-22-20-41-18-16-39-14-12-37/h2-36H2,1H3. The second-order valence-electron chi connectivity index (χ2n) is 11.2. The van der Waals surface area contributed by atoms with Gasteiger partial charge in [-0.3, -0.25) is 0 Å². The Morgan fingerprint density at radius 3 is 0.633 bits per heavy atom. The number of ether oxygens (including phenoxy) is 12. The van der Waals surface area contributed by atoms with E-state index in [-0.39, 0.29) is 0 Å². The lowest BCUT2D eigenvalue weighted by Crippen LogP contribution is -2.15. The molecular formula is C36H73IO12. The molecule has 0 aliphatic carbocycles. The van der Waals surface area contributed by atoms with Crippen molar-refractivity contribution in [2.45, 2.75) is 71.1 Å². The average molecular weight is 825 g/mol.